The molecule has 0 saturated carbocycles. The Balaban J connectivity index is 1.45. The minimum Gasteiger partial charge on any atom is -0.293 e. The zero-order valence-electron chi connectivity index (χ0n) is 23.6. The zero-order chi connectivity index (χ0) is 28.3. The van der Waals surface area contributed by atoms with Crippen LogP contribution < -0.4 is 4.90 Å². The molecule has 202 valence electrons. The summed E-state index contributed by atoms with van der Waals surface area (Å²) in [6.45, 7) is 4.73. The smallest absolute Gasteiger partial charge is 0.162 e. The van der Waals surface area contributed by atoms with Crippen molar-refractivity contribution < 1.29 is 0 Å². The monoisotopic (exact) mass is 542 g/mol. The molecule has 2 aliphatic carbocycles. The van der Waals surface area contributed by atoms with E-state index < -0.39 is 0 Å². The third-order valence-corrected chi connectivity index (χ3v) is 8.92. The fraction of sp³-hybridized carbons (Fsp3) is 0.132. The lowest BCUT2D eigenvalue weighted by atomic mass is 9.74. The minimum absolute atomic E-state index is 0.136. The molecule has 8 rings (SSSR count). The Morgan fingerprint density at radius 3 is 2.21 bits per heavy atom. The Morgan fingerprint density at radius 2 is 1.40 bits per heavy atom. The first-order valence-corrected chi connectivity index (χ1v) is 14.5. The highest BCUT2D eigenvalue weighted by Crippen LogP contribution is 2.58. The number of hydrogen-bond acceptors (Lipinski definition) is 4. The van der Waals surface area contributed by atoms with Crippen molar-refractivity contribution in [3.63, 3.8) is 0 Å². The number of benzene rings is 3. The van der Waals surface area contributed by atoms with Gasteiger partial charge in [-0.3, -0.25) is 9.88 Å². The molecule has 3 aromatic carbocycles. The van der Waals surface area contributed by atoms with Crippen LogP contribution in [-0.4, -0.2) is 15.0 Å². The van der Waals surface area contributed by atoms with Gasteiger partial charge in [-0.25, -0.2) is 9.97 Å². The third kappa shape index (κ3) is 3.79. The first kappa shape index (κ1) is 24.7. The number of nitrogens with zero attached hydrogens (tertiary/aromatic N) is 4. The highest BCUT2D eigenvalue weighted by Gasteiger charge is 2.48. The van der Waals surface area contributed by atoms with E-state index in [1.165, 1.54) is 5.56 Å². The number of anilines is 3. The summed E-state index contributed by atoms with van der Waals surface area (Å²) in [5, 5.41) is 0. The summed E-state index contributed by atoms with van der Waals surface area (Å²) in [4.78, 5) is 17.9. The summed E-state index contributed by atoms with van der Waals surface area (Å²) in [7, 11) is 0. The lowest BCUT2D eigenvalue weighted by Crippen LogP contribution is -2.27. The van der Waals surface area contributed by atoms with Crippen LogP contribution in [0.2, 0.25) is 0 Å². The van der Waals surface area contributed by atoms with Crippen LogP contribution in [0.4, 0.5) is 17.2 Å². The first-order chi connectivity index (χ1) is 20.6. The van der Waals surface area contributed by atoms with E-state index in [4.69, 9.17) is 15.0 Å². The van der Waals surface area contributed by atoms with Crippen molar-refractivity contribution in [2.45, 2.75) is 25.2 Å². The number of para-hydroxylation sites is 1. The number of allylic oxidation sites excluding steroid dienone is 4. The average molecular weight is 543 g/mol. The molecule has 0 fully saturated rings. The molecule has 0 amide bonds. The molecule has 0 bridgehead atoms. The number of fused-ring (bicyclic) bond motifs is 6. The molecule has 0 saturated heterocycles. The topological polar surface area (TPSA) is 41.9 Å². The zero-order valence-corrected chi connectivity index (χ0v) is 23.6. The minimum atomic E-state index is -0.136. The van der Waals surface area contributed by atoms with E-state index in [0.717, 1.165) is 50.8 Å². The van der Waals surface area contributed by atoms with Crippen molar-refractivity contribution in [2.75, 3.05) is 4.90 Å². The quantitative estimate of drug-likeness (QED) is 0.223. The molecule has 42 heavy (non-hydrogen) atoms. The van der Waals surface area contributed by atoms with Gasteiger partial charge in [0.1, 0.15) is 5.82 Å². The maximum absolute atomic E-state index is 5.29. The van der Waals surface area contributed by atoms with E-state index in [1.54, 1.807) is 0 Å². The van der Waals surface area contributed by atoms with Gasteiger partial charge in [0, 0.05) is 45.8 Å². The third-order valence-electron chi connectivity index (χ3n) is 8.92. The number of rotatable bonds is 3. The molecule has 3 heterocycles. The normalized spacial score (nSPS) is 19.0. The molecule has 4 heteroatoms. The van der Waals surface area contributed by atoms with Gasteiger partial charge in [-0.1, -0.05) is 129 Å². The fourth-order valence-electron chi connectivity index (χ4n) is 6.90. The summed E-state index contributed by atoms with van der Waals surface area (Å²) in [5.74, 6) is 2.13. The SMILES string of the molecule is CC1(C)c2c(ncc3c2N(c2cc(-c4ccccc4)nc(-c4ccccc4)n2)c2ccccc2C=C3)C2C=CC=CC21. The summed E-state index contributed by atoms with van der Waals surface area (Å²) in [5.41, 5.74) is 9.70. The van der Waals surface area contributed by atoms with Gasteiger partial charge in [0.25, 0.3) is 0 Å². The number of aromatic nitrogens is 3. The second-order valence-corrected chi connectivity index (χ2v) is 11.8. The van der Waals surface area contributed by atoms with E-state index >= 15 is 0 Å². The van der Waals surface area contributed by atoms with E-state index in [2.05, 4.69) is 122 Å². The first-order valence-electron chi connectivity index (χ1n) is 14.5. The molecular weight excluding hydrogens is 512 g/mol. The van der Waals surface area contributed by atoms with Crippen LogP contribution in [0.1, 0.15) is 42.1 Å². The van der Waals surface area contributed by atoms with Crippen molar-refractivity contribution in [2.24, 2.45) is 5.92 Å². The molecule has 2 unspecified atom stereocenters. The van der Waals surface area contributed by atoms with E-state index in [1.807, 2.05) is 30.5 Å². The Morgan fingerprint density at radius 1 is 0.714 bits per heavy atom. The summed E-state index contributed by atoms with van der Waals surface area (Å²) in [6, 6.07) is 31.4. The largest absolute Gasteiger partial charge is 0.293 e. The second-order valence-electron chi connectivity index (χ2n) is 11.8. The van der Waals surface area contributed by atoms with Crippen LogP contribution in [0.5, 0.6) is 0 Å². The van der Waals surface area contributed by atoms with Crippen molar-refractivity contribution in [3.8, 4) is 22.6 Å². The van der Waals surface area contributed by atoms with Crippen molar-refractivity contribution in [3.05, 3.63) is 144 Å². The Bertz CT molecular complexity index is 1860. The summed E-state index contributed by atoms with van der Waals surface area (Å²) >= 11 is 0. The highest BCUT2D eigenvalue weighted by atomic mass is 15.2. The molecular formula is C38H30N4. The van der Waals surface area contributed by atoms with Crippen molar-refractivity contribution in [1.29, 1.82) is 0 Å². The average Bonchev–Trinajstić information content (AvgIpc) is 3.16. The molecule has 5 aromatic rings. The maximum Gasteiger partial charge on any atom is 0.162 e. The van der Waals surface area contributed by atoms with E-state index in [-0.39, 0.29) is 11.3 Å². The van der Waals surface area contributed by atoms with Gasteiger partial charge >= 0.3 is 0 Å². The molecule has 0 N–H and O–H groups in total. The summed E-state index contributed by atoms with van der Waals surface area (Å²) in [6.07, 6.45) is 15.5. The van der Waals surface area contributed by atoms with Crippen LogP contribution in [0.15, 0.2) is 121 Å². The van der Waals surface area contributed by atoms with E-state index in [0.29, 0.717) is 11.7 Å². The molecule has 0 spiro atoms. The molecule has 2 aromatic heterocycles. The summed E-state index contributed by atoms with van der Waals surface area (Å²) < 4.78 is 0. The van der Waals surface area contributed by atoms with Crippen molar-refractivity contribution >= 4 is 29.3 Å². The highest BCUT2D eigenvalue weighted by molar-refractivity contribution is 5.95. The van der Waals surface area contributed by atoms with Gasteiger partial charge < -0.3 is 0 Å². The van der Waals surface area contributed by atoms with Gasteiger partial charge in [-0.05, 0) is 17.5 Å². The van der Waals surface area contributed by atoms with Gasteiger partial charge in [0.05, 0.1) is 22.8 Å². The van der Waals surface area contributed by atoms with Gasteiger partial charge in [-0.2, -0.15) is 0 Å². The number of pyridine rings is 1. The van der Waals surface area contributed by atoms with Gasteiger partial charge in [0.15, 0.2) is 5.82 Å². The fourth-order valence-corrected chi connectivity index (χ4v) is 6.90. The molecule has 3 aliphatic rings. The maximum atomic E-state index is 5.29. The van der Waals surface area contributed by atoms with Crippen LogP contribution in [0, 0.1) is 5.92 Å². The lowest BCUT2D eigenvalue weighted by Gasteiger charge is -2.34. The Hall–Kier alpha value is -5.09. The van der Waals surface area contributed by atoms with Crippen LogP contribution >= 0.6 is 0 Å². The van der Waals surface area contributed by atoms with Crippen molar-refractivity contribution in [1.82, 2.24) is 15.0 Å². The van der Waals surface area contributed by atoms with E-state index in [9.17, 15) is 0 Å². The van der Waals surface area contributed by atoms with Crippen LogP contribution in [-0.2, 0) is 5.41 Å². The number of hydrogen-bond donors (Lipinski definition) is 0. The molecule has 1 aliphatic heterocycles. The molecule has 4 nitrogen and oxygen atoms in total. The predicted octanol–water partition coefficient (Wildman–Crippen LogP) is 9.28. The second kappa shape index (κ2) is 9.49. The predicted molar refractivity (Wildman–Crippen MR) is 172 cm³/mol. The lowest BCUT2D eigenvalue weighted by molar-refractivity contribution is 0.394. The Labute approximate surface area is 246 Å². The Kier molecular flexibility index (Phi) is 5.58. The standard InChI is InChI=1S/C38H30N4/c1-38(2)30-19-11-10-18-29(30)35-34(38)36-28(24-39-35)22-21-26-15-9-12-20-32(26)42(36)33-23-31(25-13-5-3-6-14-25)40-37(41-33)27-16-7-4-8-17-27/h3-24,29-30H,1-2H3. The molecule has 2 atom stereocenters. The molecule has 0 radical (unpaired) electrons. The van der Waals surface area contributed by atoms with Gasteiger partial charge in [0.2, 0.25) is 0 Å². The van der Waals surface area contributed by atoms with Gasteiger partial charge in [-0.15, -0.1) is 0 Å². The van der Waals surface area contributed by atoms with Crippen LogP contribution in [0.25, 0.3) is 34.8 Å². The van der Waals surface area contributed by atoms with Crippen LogP contribution in [0.3, 0.4) is 0 Å².